The molecule has 0 aromatic heterocycles. The van der Waals surface area contributed by atoms with Gasteiger partial charge in [0.25, 0.3) is 0 Å². The zero-order valence-electron chi connectivity index (χ0n) is 11.4. The molecule has 21 heavy (non-hydrogen) atoms. The Bertz CT molecular complexity index is 334. The number of nitrogens with zero attached hydrogens (tertiary/aromatic N) is 1. The van der Waals surface area contributed by atoms with Gasteiger partial charge in [-0.1, -0.05) is 0 Å². The first-order valence-corrected chi connectivity index (χ1v) is 5.85. The van der Waals surface area contributed by atoms with Gasteiger partial charge in [-0.3, -0.25) is 4.79 Å². The van der Waals surface area contributed by atoms with Gasteiger partial charge in [-0.2, -0.15) is 0 Å². The third-order valence-electron chi connectivity index (χ3n) is 1.91. The van der Waals surface area contributed by atoms with E-state index in [0.717, 1.165) is 7.11 Å². The molecule has 0 aromatic rings. The number of hydrogen-bond donors (Lipinski definition) is 1. The Morgan fingerprint density at radius 3 is 2.19 bits per heavy atom. The van der Waals surface area contributed by atoms with Crippen LogP contribution in [-0.2, 0) is 33.4 Å². The summed E-state index contributed by atoms with van der Waals surface area (Å²) < 4.78 is 19.0. The smallest absolute Gasteiger partial charge is 0.345 e. The van der Waals surface area contributed by atoms with Crippen molar-refractivity contribution in [3.05, 3.63) is 10.1 Å². The maximum Gasteiger partial charge on any atom is 0.345 e. The van der Waals surface area contributed by atoms with Gasteiger partial charge in [-0.15, -0.1) is 10.1 Å². The van der Waals surface area contributed by atoms with Crippen LogP contribution in [0.15, 0.2) is 0 Å². The van der Waals surface area contributed by atoms with Crippen LogP contribution in [0, 0.1) is 10.1 Å². The molecule has 11 nitrogen and oxygen atoms in total. The summed E-state index contributed by atoms with van der Waals surface area (Å²) in [6.45, 7) is 0.393. The van der Waals surface area contributed by atoms with Crippen molar-refractivity contribution in [2.45, 2.75) is 6.10 Å². The quantitative estimate of drug-likeness (QED) is 0.146. The van der Waals surface area contributed by atoms with Crippen LogP contribution in [0.3, 0.4) is 0 Å². The molecule has 0 fully saturated rings. The van der Waals surface area contributed by atoms with Gasteiger partial charge in [0.05, 0.1) is 46.8 Å². The molecule has 0 heterocycles. The van der Waals surface area contributed by atoms with Crippen LogP contribution in [0.5, 0.6) is 0 Å². The number of carbonyl (C=O) groups excluding carboxylic acids is 2. The summed E-state index contributed by atoms with van der Waals surface area (Å²) in [4.78, 5) is 36.1. The second-order valence-electron chi connectivity index (χ2n) is 3.36. The van der Waals surface area contributed by atoms with Crippen molar-refractivity contribution < 1.29 is 43.6 Å². The highest BCUT2D eigenvalue weighted by Crippen LogP contribution is 1.99. The molecule has 122 valence electrons. The molecular formula is C10H17NO10. The third-order valence-corrected chi connectivity index (χ3v) is 1.91. The lowest BCUT2D eigenvalue weighted by Crippen LogP contribution is -2.37. The minimum atomic E-state index is -1.85. The van der Waals surface area contributed by atoms with E-state index < -0.39 is 23.1 Å². The van der Waals surface area contributed by atoms with Crippen LogP contribution in [0.4, 0.5) is 0 Å². The molecule has 0 amide bonds. The summed E-state index contributed by atoms with van der Waals surface area (Å²) in [6, 6.07) is 0. The number of aliphatic hydroxyl groups is 1. The normalized spacial score (nSPS) is 11.7. The number of hydrogen-bond acceptors (Lipinski definition) is 10. The van der Waals surface area contributed by atoms with Crippen molar-refractivity contribution in [2.24, 2.45) is 0 Å². The summed E-state index contributed by atoms with van der Waals surface area (Å²) in [5.41, 5.74) is 0. The first kappa shape index (κ1) is 19.2. The first-order valence-electron chi connectivity index (χ1n) is 5.85. The van der Waals surface area contributed by atoms with Crippen LogP contribution in [0.25, 0.3) is 0 Å². The lowest BCUT2D eigenvalue weighted by atomic mass is 10.3. The molecule has 1 N–H and O–H groups in total. The highest BCUT2D eigenvalue weighted by atomic mass is 17.0. The van der Waals surface area contributed by atoms with E-state index in [2.05, 4.69) is 9.57 Å². The zero-order chi connectivity index (χ0) is 16.1. The highest BCUT2D eigenvalue weighted by Gasteiger charge is 2.31. The number of ether oxygens (including phenoxy) is 4. The molecule has 1 unspecified atom stereocenters. The second-order valence-corrected chi connectivity index (χ2v) is 3.36. The zero-order valence-corrected chi connectivity index (χ0v) is 11.4. The Morgan fingerprint density at radius 1 is 1.10 bits per heavy atom. The number of carbonyl (C=O) groups is 2. The minimum Gasteiger partial charge on any atom is -0.467 e. The van der Waals surface area contributed by atoms with Gasteiger partial charge in [0, 0.05) is 0 Å². The lowest BCUT2D eigenvalue weighted by Gasteiger charge is -2.13. The van der Waals surface area contributed by atoms with Crippen molar-refractivity contribution in [1.29, 1.82) is 0 Å². The van der Waals surface area contributed by atoms with Crippen molar-refractivity contribution >= 4 is 11.9 Å². The SMILES string of the molecule is COC(=O)C(OCCOCCOCCO)C(=O)O[N+](=O)[O-]. The van der Waals surface area contributed by atoms with E-state index in [0.29, 0.717) is 0 Å². The molecule has 0 aliphatic rings. The van der Waals surface area contributed by atoms with E-state index in [1.165, 1.54) is 0 Å². The number of esters is 1. The summed E-state index contributed by atoms with van der Waals surface area (Å²) in [5.74, 6) is -2.61. The number of rotatable bonds is 12. The van der Waals surface area contributed by atoms with E-state index in [9.17, 15) is 19.7 Å². The molecule has 0 aromatic carbocycles. The van der Waals surface area contributed by atoms with Gasteiger partial charge in [0.2, 0.25) is 6.10 Å². The summed E-state index contributed by atoms with van der Waals surface area (Å²) in [5, 5.41) is 17.1. The Kier molecular flexibility index (Phi) is 10.9. The minimum absolute atomic E-state index is 0.0156. The molecule has 0 bridgehead atoms. The van der Waals surface area contributed by atoms with Crippen molar-refractivity contribution in [3.63, 3.8) is 0 Å². The van der Waals surface area contributed by atoms with Gasteiger partial charge >= 0.3 is 17.0 Å². The number of aliphatic hydroxyl groups excluding tert-OH is 1. The van der Waals surface area contributed by atoms with Crippen LogP contribution < -0.4 is 0 Å². The topological polar surface area (TPSA) is 144 Å². The van der Waals surface area contributed by atoms with Crippen molar-refractivity contribution in [3.8, 4) is 0 Å². The van der Waals surface area contributed by atoms with Gasteiger partial charge in [0.15, 0.2) is 0 Å². The van der Waals surface area contributed by atoms with E-state index in [1.807, 2.05) is 0 Å². The molecule has 0 saturated heterocycles. The largest absolute Gasteiger partial charge is 0.467 e. The lowest BCUT2D eigenvalue weighted by molar-refractivity contribution is -0.730. The molecular weight excluding hydrogens is 294 g/mol. The highest BCUT2D eigenvalue weighted by molar-refractivity contribution is 5.97. The monoisotopic (exact) mass is 311 g/mol. The maximum absolute atomic E-state index is 11.2. The summed E-state index contributed by atoms with van der Waals surface area (Å²) in [7, 11) is 0.993. The van der Waals surface area contributed by atoms with Crippen LogP contribution in [-0.4, -0.2) is 75.0 Å². The number of methoxy groups -OCH3 is 1. The Hall–Kier alpha value is -1.82. The Morgan fingerprint density at radius 2 is 1.67 bits per heavy atom. The fourth-order valence-corrected chi connectivity index (χ4v) is 1.07. The molecule has 0 rings (SSSR count). The fourth-order valence-electron chi connectivity index (χ4n) is 1.07. The molecule has 0 aliphatic carbocycles. The van der Waals surface area contributed by atoms with E-state index >= 15 is 0 Å². The molecule has 0 aliphatic heterocycles. The standard InChI is InChI=1S/C10H17NO10/c1-17-9(13)8(10(14)21-11(15)16)20-7-6-19-5-4-18-3-2-12/h8,12H,2-7H2,1H3. The predicted octanol–water partition coefficient (Wildman–Crippen LogP) is -1.69. The van der Waals surface area contributed by atoms with E-state index in [1.54, 1.807) is 0 Å². The third kappa shape index (κ3) is 9.67. The Labute approximate surface area is 119 Å². The average Bonchev–Trinajstić information content (AvgIpc) is 2.44. The molecule has 0 saturated carbocycles. The van der Waals surface area contributed by atoms with Crippen LogP contribution in [0.1, 0.15) is 0 Å². The molecule has 0 spiro atoms. The second kappa shape index (κ2) is 12.0. The van der Waals surface area contributed by atoms with E-state index in [4.69, 9.17) is 19.3 Å². The summed E-state index contributed by atoms with van der Waals surface area (Å²) in [6.07, 6.45) is -1.85. The van der Waals surface area contributed by atoms with Gasteiger partial charge < -0.3 is 24.1 Å². The van der Waals surface area contributed by atoms with Crippen LogP contribution >= 0.6 is 0 Å². The van der Waals surface area contributed by atoms with Gasteiger partial charge in [0.1, 0.15) is 0 Å². The summed E-state index contributed by atoms with van der Waals surface area (Å²) >= 11 is 0. The molecule has 1 atom stereocenters. The molecule has 0 radical (unpaired) electrons. The average molecular weight is 311 g/mol. The van der Waals surface area contributed by atoms with Crippen molar-refractivity contribution in [1.82, 2.24) is 0 Å². The first-order chi connectivity index (χ1) is 10.0. The predicted molar refractivity (Wildman–Crippen MR) is 63.6 cm³/mol. The molecule has 11 heteroatoms. The fraction of sp³-hybridized carbons (Fsp3) is 0.800. The van der Waals surface area contributed by atoms with Crippen molar-refractivity contribution in [2.75, 3.05) is 46.8 Å². The van der Waals surface area contributed by atoms with Gasteiger partial charge in [-0.05, 0) is 0 Å². The van der Waals surface area contributed by atoms with Crippen LogP contribution in [0.2, 0.25) is 0 Å². The maximum atomic E-state index is 11.2. The van der Waals surface area contributed by atoms with E-state index in [-0.39, 0.29) is 39.6 Å². The Balaban J connectivity index is 3.95. The van der Waals surface area contributed by atoms with Gasteiger partial charge in [-0.25, -0.2) is 9.63 Å².